The fraction of sp³-hybridized carbons (Fsp3) is 0.333. The fourth-order valence-electron chi connectivity index (χ4n) is 0.840. The summed E-state index contributed by atoms with van der Waals surface area (Å²) in [4.78, 5) is 9.08. The van der Waals surface area contributed by atoms with E-state index < -0.39 is 11.7 Å². The molecule has 0 atom stereocenters. The normalized spacial score (nSPS) is 12.1. The molecule has 0 bridgehead atoms. The van der Waals surface area contributed by atoms with Crippen molar-refractivity contribution in [1.29, 1.82) is 0 Å². The van der Waals surface area contributed by atoms with Crippen LogP contribution < -0.4 is 0 Å². The Morgan fingerprint density at radius 3 is 2.60 bits per heavy atom. The maximum Gasteiger partial charge on any atom is 0.416 e. The van der Waals surface area contributed by atoms with Gasteiger partial charge in [-0.3, -0.25) is 0 Å². The van der Waals surface area contributed by atoms with Crippen LogP contribution in [0, 0.1) is 0 Å². The summed E-state index contributed by atoms with van der Waals surface area (Å²) in [5, 5.41) is 0. The van der Waals surface area contributed by atoms with Crippen molar-refractivity contribution < 1.29 is 13.2 Å². The molecule has 1 aromatic heterocycles. The number of rotatable bonds is 2. The van der Waals surface area contributed by atoms with Crippen molar-refractivity contribution in [3.8, 4) is 0 Å². The lowest BCUT2D eigenvalue weighted by Crippen LogP contribution is -2.07. The highest BCUT2D eigenvalue weighted by Gasteiger charge is 2.30. The van der Waals surface area contributed by atoms with Crippen LogP contribution in [0.3, 0.4) is 0 Å². The van der Waals surface area contributed by atoms with Gasteiger partial charge in [0.15, 0.2) is 5.82 Å². The first-order valence-electron chi connectivity index (χ1n) is 4.13. The minimum atomic E-state index is -4.36. The van der Waals surface area contributed by atoms with E-state index in [0.29, 0.717) is 0 Å². The second kappa shape index (κ2) is 4.29. The van der Waals surface area contributed by atoms with Crippen LogP contribution in [-0.2, 0) is 6.18 Å². The summed E-state index contributed by atoms with van der Waals surface area (Å²) in [5.74, 6) is 0.0403. The summed E-state index contributed by atoms with van der Waals surface area (Å²) < 4.78 is 36.8. The van der Waals surface area contributed by atoms with Gasteiger partial charge in [-0.1, -0.05) is 0 Å². The highest BCUT2D eigenvalue weighted by molar-refractivity contribution is 5.59. The maximum atomic E-state index is 12.3. The number of alkyl halides is 3. The Labute approximate surface area is 85.3 Å². The van der Waals surface area contributed by atoms with Crippen molar-refractivity contribution in [1.82, 2.24) is 9.88 Å². The number of hydrogen-bond donors (Lipinski definition) is 0. The number of nitrogens with zero attached hydrogens (tertiary/aromatic N) is 3. The van der Waals surface area contributed by atoms with Crippen LogP contribution in [-0.4, -0.2) is 30.3 Å². The van der Waals surface area contributed by atoms with Gasteiger partial charge >= 0.3 is 6.18 Å². The first kappa shape index (κ1) is 11.5. The Hall–Kier alpha value is -1.59. The number of hydrogen-bond acceptors (Lipinski definition) is 2. The monoisotopic (exact) mass is 217 g/mol. The molecule has 0 aliphatic carbocycles. The topological polar surface area (TPSA) is 28.5 Å². The molecule has 0 aromatic carbocycles. The lowest BCUT2D eigenvalue weighted by molar-refractivity contribution is -0.137. The second-order valence-corrected chi connectivity index (χ2v) is 3.11. The molecular formula is C9H10F3N3. The van der Waals surface area contributed by atoms with E-state index >= 15 is 0 Å². The van der Waals surface area contributed by atoms with Gasteiger partial charge in [-0.25, -0.2) is 9.98 Å². The SMILES string of the molecule is CN(C)C=Nc1cc(C(F)(F)F)ccn1. The molecule has 0 spiro atoms. The van der Waals surface area contributed by atoms with Crippen LogP contribution in [0.1, 0.15) is 5.56 Å². The number of halogens is 3. The Balaban J connectivity index is 2.93. The zero-order valence-electron chi connectivity index (χ0n) is 8.28. The van der Waals surface area contributed by atoms with Crippen LogP contribution in [0.2, 0.25) is 0 Å². The van der Waals surface area contributed by atoms with Gasteiger partial charge in [-0.05, 0) is 12.1 Å². The molecule has 0 radical (unpaired) electrons. The van der Waals surface area contributed by atoms with E-state index in [9.17, 15) is 13.2 Å². The van der Waals surface area contributed by atoms with Crippen molar-refractivity contribution in [2.24, 2.45) is 4.99 Å². The van der Waals surface area contributed by atoms with E-state index in [0.717, 1.165) is 18.3 Å². The first-order chi connectivity index (χ1) is 6.89. The quantitative estimate of drug-likeness (QED) is 0.561. The molecule has 0 saturated heterocycles. The van der Waals surface area contributed by atoms with Gasteiger partial charge in [-0.2, -0.15) is 13.2 Å². The smallest absolute Gasteiger partial charge is 0.369 e. The Morgan fingerprint density at radius 1 is 1.40 bits per heavy atom. The summed E-state index contributed by atoms with van der Waals surface area (Å²) in [7, 11) is 3.44. The first-order valence-corrected chi connectivity index (χ1v) is 4.13. The zero-order chi connectivity index (χ0) is 11.5. The summed E-state index contributed by atoms with van der Waals surface area (Å²) in [6, 6.07) is 1.81. The highest BCUT2D eigenvalue weighted by atomic mass is 19.4. The predicted octanol–water partition coefficient (Wildman–Crippen LogP) is 2.32. The molecule has 6 heteroatoms. The third-order valence-electron chi connectivity index (χ3n) is 1.49. The van der Waals surface area contributed by atoms with Gasteiger partial charge < -0.3 is 4.90 Å². The number of aliphatic imine (C=N–C) groups is 1. The molecule has 0 N–H and O–H groups in total. The van der Waals surface area contributed by atoms with E-state index in [2.05, 4.69) is 9.98 Å². The molecule has 0 fully saturated rings. The third kappa shape index (κ3) is 3.57. The van der Waals surface area contributed by atoms with Gasteiger partial charge in [-0.15, -0.1) is 0 Å². The molecule has 1 aromatic rings. The molecule has 3 nitrogen and oxygen atoms in total. The summed E-state index contributed by atoms with van der Waals surface area (Å²) in [6.07, 6.45) is -1.88. The molecule has 0 aliphatic heterocycles. The molecule has 15 heavy (non-hydrogen) atoms. The highest BCUT2D eigenvalue weighted by Crippen LogP contribution is 2.30. The van der Waals surface area contributed by atoms with Crippen molar-refractivity contribution >= 4 is 12.2 Å². The number of aromatic nitrogens is 1. The van der Waals surface area contributed by atoms with Crippen LogP contribution in [0.5, 0.6) is 0 Å². The lowest BCUT2D eigenvalue weighted by atomic mass is 10.2. The van der Waals surface area contributed by atoms with Gasteiger partial charge in [0.05, 0.1) is 11.9 Å². The Bertz CT molecular complexity index is 358. The third-order valence-corrected chi connectivity index (χ3v) is 1.49. The molecule has 1 heterocycles. The fourth-order valence-corrected chi connectivity index (χ4v) is 0.840. The summed E-state index contributed by atoms with van der Waals surface area (Å²) >= 11 is 0. The standard InChI is InChI=1S/C9H10F3N3/c1-15(2)6-14-8-5-7(3-4-13-8)9(10,11)12/h3-6H,1-2H3. The van der Waals surface area contributed by atoms with Crippen LogP contribution in [0.4, 0.5) is 19.0 Å². The average Bonchev–Trinajstić information content (AvgIpc) is 2.14. The van der Waals surface area contributed by atoms with Crippen LogP contribution in [0.15, 0.2) is 23.3 Å². The summed E-state index contributed by atoms with van der Waals surface area (Å²) in [6.45, 7) is 0. The van der Waals surface area contributed by atoms with E-state index in [-0.39, 0.29) is 5.82 Å². The molecule has 0 saturated carbocycles. The van der Waals surface area contributed by atoms with Gasteiger partial charge in [0.25, 0.3) is 0 Å². The van der Waals surface area contributed by atoms with E-state index in [4.69, 9.17) is 0 Å². The average molecular weight is 217 g/mol. The van der Waals surface area contributed by atoms with Crippen LogP contribution in [0.25, 0.3) is 0 Å². The summed E-state index contributed by atoms with van der Waals surface area (Å²) in [5.41, 5.74) is -0.747. The van der Waals surface area contributed by atoms with Crippen molar-refractivity contribution in [3.05, 3.63) is 23.9 Å². The van der Waals surface area contributed by atoms with Crippen molar-refractivity contribution in [3.63, 3.8) is 0 Å². The van der Waals surface area contributed by atoms with E-state index in [1.165, 1.54) is 6.34 Å². The molecule has 1 rings (SSSR count). The van der Waals surface area contributed by atoms with E-state index in [1.807, 2.05) is 0 Å². The Morgan fingerprint density at radius 2 is 2.07 bits per heavy atom. The van der Waals surface area contributed by atoms with Gasteiger partial charge in [0.1, 0.15) is 0 Å². The van der Waals surface area contributed by atoms with Gasteiger partial charge in [0, 0.05) is 20.3 Å². The Kier molecular flexibility index (Phi) is 3.28. The van der Waals surface area contributed by atoms with Crippen LogP contribution >= 0.6 is 0 Å². The predicted molar refractivity (Wildman–Crippen MR) is 51.1 cm³/mol. The van der Waals surface area contributed by atoms with Crippen molar-refractivity contribution in [2.75, 3.05) is 14.1 Å². The zero-order valence-corrected chi connectivity index (χ0v) is 8.28. The largest absolute Gasteiger partial charge is 0.416 e. The molecule has 0 aliphatic rings. The minimum absolute atomic E-state index is 0.0403. The molecule has 0 unspecified atom stereocenters. The molecular weight excluding hydrogens is 207 g/mol. The second-order valence-electron chi connectivity index (χ2n) is 3.11. The number of pyridine rings is 1. The maximum absolute atomic E-state index is 12.3. The lowest BCUT2D eigenvalue weighted by Gasteiger charge is -2.06. The van der Waals surface area contributed by atoms with E-state index in [1.54, 1.807) is 19.0 Å². The minimum Gasteiger partial charge on any atom is -0.369 e. The van der Waals surface area contributed by atoms with Crippen molar-refractivity contribution in [2.45, 2.75) is 6.18 Å². The van der Waals surface area contributed by atoms with Gasteiger partial charge in [0.2, 0.25) is 0 Å². The molecule has 0 amide bonds. The molecule has 82 valence electrons.